The summed E-state index contributed by atoms with van der Waals surface area (Å²) in [5.74, 6) is 0. The van der Waals surface area contributed by atoms with Gasteiger partial charge < -0.3 is 0 Å². The Balaban J connectivity index is 2.03. The lowest BCUT2D eigenvalue weighted by molar-refractivity contribution is 1.35. The third-order valence-electron chi connectivity index (χ3n) is 2.15. The quantitative estimate of drug-likeness (QED) is 0.653. The lowest BCUT2D eigenvalue weighted by Gasteiger charge is -2.00. The molecule has 2 nitrogen and oxygen atoms in total. The van der Waals surface area contributed by atoms with Gasteiger partial charge >= 0.3 is 0 Å². The van der Waals surface area contributed by atoms with Gasteiger partial charge in [0.1, 0.15) is 0 Å². The first kappa shape index (κ1) is 12.1. The van der Waals surface area contributed by atoms with E-state index in [9.17, 15) is 0 Å². The van der Waals surface area contributed by atoms with E-state index in [2.05, 4.69) is 26.5 Å². The van der Waals surface area contributed by atoms with Gasteiger partial charge in [0.2, 0.25) is 0 Å². The Hall–Kier alpha value is -1.32. The van der Waals surface area contributed by atoms with E-state index in [1.54, 1.807) is 6.21 Å². The summed E-state index contributed by atoms with van der Waals surface area (Å²) < 4.78 is 1.02. The topological polar surface area (TPSA) is 24.4 Å². The number of nitrogens with zero attached hydrogens (tertiary/aromatic N) is 1. The van der Waals surface area contributed by atoms with Gasteiger partial charge in [-0.25, -0.2) is 0 Å². The minimum atomic E-state index is 0.713. The molecular weight excluding hydrogens is 300 g/mol. The lowest BCUT2D eigenvalue weighted by Crippen LogP contribution is -1.90. The van der Waals surface area contributed by atoms with Crippen LogP contribution in [-0.2, 0) is 0 Å². The largest absolute Gasteiger partial charge is 0.279 e. The zero-order chi connectivity index (χ0) is 12.1. The Bertz CT molecular complexity index is 523. The van der Waals surface area contributed by atoms with Gasteiger partial charge in [-0.2, -0.15) is 5.10 Å². The zero-order valence-electron chi connectivity index (χ0n) is 8.90. The Morgan fingerprint density at radius 3 is 2.47 bits per heavy atom. The summed E-state index contributed by atoms with van der Waals surface area (Å²) >= 11 is 9.25. The van der Waals surface area contributed by atoms with Crippen molar-refractivity contribution in [3.8, 4) is 0 Å². The zero-order valence-corrected chi connectivity index (χ0v) is 11.2. The lowest BCUT2D eigenvalue weighted by atomic mass is 10.2. The van der Waals surface area contributed by atoms with Crippen molar-refractivity contribution in [2.75, 3.05) is 5.43 Å². The molecule has 0 aliphatic heterocycles. The summed E-state index contributed by atoms with van der Waals surface area (Å²) in [6.45, 7) is 0. The number of hydrogen-bond donors (Lipinski definition) is 1. The number of benzene rings is 2. The number of hydrazone groups is 1. The molecule has 4 heteroatoms. The summed E-state index contributed by atoms with van der Waals surface area (Å²) in [6.07, 6.45) is 1.76. The molecule has 0 aliphatic rings. The van der Waals surface area contributed by atoms with Crippen LogP contribution in [0.1, 0.15) is 5.56 Å². The van der Waals surface area contributed by atoms with Crippen molar-refractivity contribution in [2.24, 2.45) is 5.10 Å². The summed E-state index contributed by atoms with van der Waals surface area (Å²) in [6, 6.07) is 15.3. The van der Waals surface area contributed by atoms with Gasteiger partial charge in [-0.05, 0) is 30.3 Å². The summed E-state index contributed by atoms with van der Waals surface area (Å²) in [7, 11) is 0. The molecule has 0 saturated heterocycles. The molecule has 0 fully saturated rings. The highest BCUT2D eigenvalue weighted by Gasteiger charge is 1.93. The predicted molar refractivity (Wildman–Crippen MR) is 76.8 cm³/mol. The molecule has 0 amide bonds. The van der Waals surface area contributed by atoms with Crippen LogP contribution in [0.4, 0.5) is 5.69 Å². The van der Waals surface area contributed by atoms with Crippen molar-refractivity contribution in [1.29, 1.82) is 0 Å². The number of anilines is 1. The molecule has 0 unspecified atom stereocenters. The molecule has 86 valence electrons. The third kappa shape index (κ3) is 3.58. The van der Waals surface area contributed by atoms with Gasteiger partial charge in [0.15, 0.2) is 0 Å². The predicted octanol–water partition coefficient (Wildman–Crippen LogP) is 4.55. The van der Waals surface area contributed by atoms with Crippen LogP contribution in [0.2, 0.25) is 5.02 Å². The van der Waals surface area contributed by atoms with E-state index in [0.717, 1.165) is 15.7 Å². The van der Waals surface area contributed by atoms with Crippen LogP contribution in [0.25, 0.3) is 0 Å². The number of halogens is 2. The van der Waals surface area contributed by atoms with E-state index >= 15 is 0 Å². The average Bonchev–Trinajstić information content (AvgIpc) is 2.34. The molecule has 0 atom stereocenters. The monoisotopic (exact) mass is 308 g/mol. The maximum absolute atomic E-state index is 5.79. The standard InChI is InChI=1S/C13H10BrClN2/c14-13-4-2-1-3-10(13)9-16-17-12-7-5-11(15)6-8-12/h1-9,17H. The van der Waals surface area contributed by atoms with Crippen LogP contribution in [0.15, 0.2) is 58.1 Å². The number of rotatable bonds is 3. The molecule has 0 aliphatic carbocycles. The molecule has 0 spiro atoms. The van der Waals surface area contributed by atoms with E-state index in [4.69, 9.17) is 11.6 Å². The number of hydrogen-bond acceptors (Lipinski definition) is 2. The molecule has 2 aromatic carbocycles. The maximum atomic E-state index is 5.79. The van der Waals surface area contributed by atoms with Gasteiger partial charge in [-0.1, -0.05) is 45.7 Å². The van der Waals surface area contributed by atoms with Crippen LogP contribution < -0.4 is 5.43 Å². The highest BCUT2D eigenvalue weighted by Crippen LogP contribution is 2.15. The second kappa shape index (κ2) is 5.84. The first-order valence-electron chi connectivity index (χ1n) is 5.05. The molecule has 0 heterocycles. The SMILES string of the molecule is Clc1ccc(NN=Cc2ccccc2Br)cc1. The highest BCUT2D eigenvalue weighted by molar-refractivity contribution is 9.10. The van der Waals surface area contributed by atoms with Crippen LogP contribution in [0.3, 0.4) is 0 Å². The Morgan fingerprint density at radius 1 is 1.06 bits per heavy atom. The molecule has 0 aromatic heterocycles. The van der Waals surface area contributed by atoms with Crippen LogP contribution in [0.5, 0.6) is 0 Å². The van der Waals surface area contributed by atoms with Crippen molar-refractivity contribution >= 4 is 39.4 Å². The minimum absolute atomic E-state index is 0.713. The summed E-state index contributed by atoms with van der Waals surface area (Å²) in [4.78, 5) is 0. The van der Waals surface area contributed by atoms with Crippen molar-refractivity contribution in [2.45, 2.75) is 0 Å². The fourth-order valence-corrected chi connectivity index (χ4v) is 1.79. The highest BCUT2D eigenvalue weighted by atomic mass is 79.9. The Kier molecular flexibility index (Phi) is 4.18. The van der Waals surface area contributed by atoms with Crippen molar-refractivity contribution in [3.05, 3.63) is 63.6 Å². The first-order chi connectivity index (χ1) is 8.25. The first-order valence-corrected chi connectivity index (χ1v) is 6.22. The molecule has 1 N–H and O–H groups in total. The molecule has 0 saturated carbocycles. The second-order valence-corrected chi connectivity index (χ2v) is 4.69. The summed E-state index contributed by atoms with van der Waals surface area (Å²) in [5, 5.41) is 4.87. The maximum Gasteiger partial charge on any atom is 0.0562 e. The molecular formula is C13H10BrClN2. The van der Waals surface area contributed by atoms with Crippen LogP contribution in [-0.4, -0.2) is 6.21 Å². The van der Waals surface area contributed by atoms with E-state index in [1.165, 1.54) is 0 Å². The number of nitrogens with one attached hydrogen (secondary N) is 1. The van der Waals surface area contributed by atoms with E-state index in [1.807, 2.05) is 48.5 Å². The van der Waals surface area contributed by atoms with Crippen molar-refractivity contribution in [3.63, 3.8) is 0 Å². The van der Waals surface area contributed by atoms with Crippen LogP contribution >= 0.6 is 27.5 Å². The van der Waals surface area contributed by atoms with Gasteiger partial charge in [0.25, 0.3) is 0 Å². The molecule has 2 aromatic rings. The molecule has 0 radical (unpaired) electrons. The minimum Gasteiger partial charge on any atom is -0.279 e. The van der Waals surface area contributed by atoms with Crippen molar-refractivity contribution < 1.29 is 0 Å². The Morgan fingerprint density at radius 2 is 1.76 bits per heavy atom. The fraction of sp³-hybridized carbons (Fsp3) is 0. The van der Waals surface area contributed by atoms with Gasteiger partial charge in [-0.3, -0.25) is 5.43 Å². The van der Waals surface area contributed by atoms with Gasteiger partial charge in [0, 0.05) is 15.1 Å². The summed E-state index contributed by atoms with van der Waals surface area (Å²) in [5.41, 5.74) is 4.86. The van der Waals surface area contributed by atoms with Crippen LogP contribution in [0, 0.1) is 0 Å². The van der Waals surface area contributed by atoms with E-state index < -0.39 is 0 Å². The smallest absolute Gasteiger partial charge is 0.0562 e. The normalized spacial score (nSPS) is 10.7. The fourth-order valence-electron chi connectivity index (χ4n) is 1.28. The van der Waals surface area contributed by atoms with Gasteiger partial charge in [-0.15, -0.1) is 0 Å². The van der Waals surface area contributed by atoms with E-state index in [-0.39, 0.29) is 0 Å². The third-order valence-corrected chi connectivity index (χ3v) is 3.12. The molecule has 0 bridgehead atoms. The molecule has 2 rings (SSSR count). The van der Waals surface area contributed by atoms with E-state index in [0.29, 0.717) is 5.02 Å². The second-order valence-electron chi connectivity index (χ2n) is 3.40. The van der Waals surface area contributed by atoms with Crippen molar-refractivity contribution in [1.82, 2.24) is 0 Å². The Labute approximate surface area is 113 Å². The average molecular weight is 310 g/mol. The van der Waals surface area contributed by atoms with Gasteiger partial charge in [0.05, 0.1) is 11.9 Å². The molecule has 17 heavy (non-hydrogen) atoms.